The summed E-state index contributed by atoms with van der Waals surface area (Å²) in [7, 11) is 3.46. The Kier molecular flexibility index (Phi) is 4.21. The summed E-state index contributed by atoms with van der Waals surface area (Å²) in [6.45, 7) is 6.87. The topological polar surface area (TPSA) is 39.1 Å². The molecule has 0 aliphatic rings. The van der Waals surface area contributed by atoms with E-state index in [2.05, 4.69) is 31.2 Å². The molecule has 114 valence electrons. The molecule has 4 nitrogen and oxygen atoms in total. The lowest BCUT2D eigenvalue weighted by atomic mass is 9.89. The number of aromatic nitrogens is 2. The van der Waals surface area contributed by atoms with Crippen LogP contribution in [0.4, 0.5) is 10.1 Å². The van der Waals surface area contributed by atoms with Crippen molar-refractivity contribution in [1.29, 1.82) is 0 Å². The second-order valence-electron chi connectivity index (χ2n) is 6.13. The van der Waals surface area contributed by atoms with Gasteiger partial charge in [-0.1, -0.05) is 20.8 Å². The first kappa shape index (κ1) is 15.4. The van der Waals surface area contributed by atoms with E-state index in [1.807, 2.05) is 13.2 Å². The van der Waals surface area contributed by atoms with E-state index in [1.54, 1.807) is 23.9 Å². The number of hydrogen-bond donors (Lipinski definition) is 1. The van der Waals surface area contributed by atoms with Gasteiger partial charge >= 0.3 is 0 Å². The van der Waals surface area contributed by atoms with Gasteiger partial charge < -0.3 is 10.1 Å². The molecule has 21 heavy (non-hydrogen) atoms. The zero-order chi connectivity index (χ0) is 15.6. The average Bonchev–Trinajstić information content (AvgIpc) is 2.79. The minimum Gasteiger partial charge on any atom is -0.497 e. The maximum Gasteiger partial charge on any atom is 0.146 e. The van der Waals surface area contributed by atoms with Gasteiger partial charge in [-0.3, -0.25) is 4.68 Å². The van der Waals surface area contributed by atoms with Gasteiger partial charge in [-0.15, -0.1) is 0 Å². The molecule has 0 aliphatic heterocycles. The number of anilines is 1. The van der Waals surface area contributed by atoms with E-state index >= 15 is 0 Å². The lowest BCUT2D eigenvalue weighted by Gasteiger charge is -2.18. The van der Waals surface area contributed by atoms with Gasteiger partial charge in [0, 0.05) is 36.8 Å². The van der Waals surface area contributed by atoms with Crippen LogP contribution in [0.2, 0.25) is 0 Å². The number of benzene rings is 1. The summed E-state index contributed by atoms with van der Waals surface area (Å²) in [5.41, 5.74) is 2.46. The fraction of sp³-hybridized carbons (Fsp3) is 0.438. The lowest BCUT2D eigenvalue weighted by Crippen LogP contribution is -2.16. The standard InChI is InChI=1S/C16H22FN3O/c1-16(2,3)15-11(10-20(4)19-15)9-18-14-8-12(21-5)6-7-13(14)17/h6-8,10,18H,9H2,1-5H3. The van der Waals surface area contributed by atoms with Crippen molar-refractivity contribution in [3.8, 4) is 5.75 Å². The molecule has 1 N–H and O–H groups in total. The monoisotopic (exact) mass is 291 g/mol. The van der Waals surface area contributed by atoms with E-state index in [1.165, 1.54) is 6.07 Å². The molecule has 1 aromatic heterocycles. The first-order valence-electron chi connectivity index (χ1n) is 6.91. The van der Waals surface area contributed by atoms with Crippen LogP contribution in [-0.2, 0) is 19.0 Å². The third-order valence-corrected chi connectivity index (χ3v) is 3.26. The van der Waals surface area contributed by atoms with Crippen LogP contribution in [0.1, 0.15) is 32.0 Å². The third kappa shape index (κ3) is 3.54. The molecular formula is C16H22FN3O. The molecule has 0 amide bonds. The van der Waals surface area contributed by atoms with Crippen molar-refractivity contribution < 1.29 is 9.13 Å². The van der Waals surface area contributed by atoms with Crippen molar-refractivity contribution in [3.63, 3.8) is 0 Å². The molecule has 0 bridgehead atoms. The Balaban J connectivity index is 2.21. The minimum atomic E-state index is -0.294. The Hall–Kier alpha value is -2.04. The molecule has 0 saturated carbocycles. The minimum absolute atomic E-state index is 0.0504. The maximum absolute atomic E-state index is 13.8. The van der Waals surface area contributed by atoms with Gasteiger partial charge in [0.15, 0.2) is 0 Å². The van der Waals surface area contributed by atoms with Crippen LogP contribution in [0.25, 0.3) is 0 Å². The Morgan fingerprint density at radius 2 is 2.05 bits per heavy atom. The summed E-state index contributed by atoms with van der Waals surface area (Å²) in [5, 5.41) is 7.63. The second kappa shape index (κ2) is 5.76. The smallest absolute Gasteiger partial charge is 0.146 e. The quantitative estimate of drug-likeness (QED) is 0.937. The van der Waals surface area contributed by atoms with Crippen LogP contribution in [0.15, 0.2) is 24.4 Å². The number of nitrogens with zero attached hydrogens (tertiary/aromatic N) is 2. The predicted octanol–water partition coefficient (Wildman–Crippen LogP) is 3.48. The number of methoxy groups -OCH3 is 1. The van der Waals surface area contributed by atoms with Crippen LogP contribution in [0.5, 0.6) is 5.75 Å². The highest BCUT2D eigenvalue weighted by molar-refractivity contribution is 5.50. The molecule has 0 aliphatic carbocycles. The Morgan fingerprint density at radius 1 is 1.33 bits per heavy atom. The molecule has 0 saturated heterocycles. The summed E-state index contributed by atoms with van der Waals surface area (Å²) in [6.07, 6.45) is 1.96. The molecule has 0 fully saturated rings. The van der Waals surface area contributed by atoms with E-state index in [-0.39, 0.29) is 11.2 Å². The van der Waals surface area contributed by atoms with E-state index in [4.69, 9.17) is 4.74 Å². The van der Waals surface area contributed by atoms with Crippen molar-refractivity contribution in [1.82, 2.24) is 9.78 Å². The van der Waals surface area contributed by atoms with Gasteiger partial charge in [0.25, 0.3) is 0 Å². The molecule has 0 radical (unpaired) electrons. The first-order valence-corrected chi connectivity index (χ1v) is 6.91. The molecule has 0 spiro atoms. The fourth-order valence-electron chi connectivity index (χ4n) is 2.26. The average molecular weight is 291 g/mol. The molecule has 5 heteroatoms. The Labute approximate surface area is 124 Å². The summed E-state index contributed by atoms with van der Waals surface area (Å²) in [5.74, 6) is 0.332. The van der Waals surface area contributed by atoms with Gasteiger partial charge in [-0.25, -0.2) is 4.39 Å². The first-order chi connectivity index (χ1) is 9.81. The fourth-order valence-corrected chi connectivity index (χ4v) is 2.26. The largest absolute Gasteiger partial charge is 0.497 e. The molecule has 1 heterocycles. The van der Waals surface area contributed by atoms with Gasteiger partial charge in [0.1, 0.15) is 11.6 Å². The normalized spacial score (nSPS) is 11.5. The predicted molar refractivity (Wildman–Crippen MR) is 82.2 cm³/mol. The summed E-state index contributed by atoms with van der Waals surface area (Å²) in [4.78, 5) is 0. The Morgan fingerprint density at radius 3 is 2.67 bits per heavy atom. The van der Waals surface area contributed by atoms with Crippen molar-refractivity contribution in [2.75, 3.05) is 12.4 Å². The third-order valence-electron chi connectivity index (χ3n) is 3.26. The zero-order valence-electron chi connectivity index (χ0n) is 13.2. The highest BCUT2D eigenvalue weighted by Crippen LogP contribution is 2.26. The van der Waals surface area contributed by atoms with Crippen LogP contribution < -0.4 is 10.1 Å². The van der Waals surface area contributed by atoms with E-state index in [9.17, 15) is 4.39 Å². The summed E-state index contributed by atoms with van der Waals surface area (Å²) >= 11 is 0. The van der Waals surface area contributed by atoms with Crippen LogP contribution >= 0.6 is 0 Å². The van der Waals surface area contributed by atoms with Crippen molar-refractivity contribution in [3.05, 3.63) is 41.5 Å². The van der Waals surface area contributed by atoms with E-state index < -0.39 is 0 Å². The molecule has 0 unspecified atom stereocenters. The number of ether oxygens (including phenoxy) is 1. The highest BCUT2D eigenvalue weighted by atomic mass is 19.1. The molecule has 2 rings (SSSR count). The number of rotatable bonds is 4. The van der Waals surface area contributed by atoms with Crippen LogP contribution in [-0.4, -0.2) is 16.9 Å². The molecule has 0 atom stereocenters. The maximum atomic E-state index is 13.8. The van der Waals surface area contributed by atoms with Gasteiger partial charge in [0.05, 0.1) is 18.5 Å². The number of hydrogen-bond acceptors (Lipinski definition) is 3. The Bertz CT molecular complexity index is 629. The summed E-state index contributed by atoms with van der Waals surface area (Å²) in [6, 6.07) is 4.66. The van der Waals surface area contributed by atoms with E-state index in [0.717, 1.165) is 11.3 Å². The molecule has 1 aromatic carbocycles. The zero-order valence-corrected chi connectivity index (χ0v) is 13.2. The van der Waals surface area contributed by atoms with Gasteiger partial charge in [-0.2, -0.15) is 5.10 Å². The number of nitrogens with one attached hydrogen (secondary N) is 1. The van der Waals surface area contributed by atoms with Crippen molar-refractivity contribution in [2.45, 2.75) is 32.7 Å². The van der Waals surface area contributed by atoms with Gasteiger partial charge in [-0.05, 0) is 12.1 Å². The second-order valence-corrected chi connectivity index (χ2v) is 6.13. The molecule has 2 aromatic rings. The molecular weight excluding hydrogens is 269 g/mol. The van der Waals surface area contributed by atoms with Crippen LogP contribution in [0.3, 0.4) is 0 Å². The SMILES string of the molecule is COc1ccc(F)c(NCc2cn(C)nc2C(C)(C)C)c1. The number of halogens is 1. The van der Waals surface area contributed by atoms with Crippen molar-refractivity contribution in [2.24, 2.45) is 7.05 Å². The van der Waals surface area contributed by atoms with Crippen molar-refractivity contribution >= 4 is 5.69 Å². The highest BCUT2D eigenvalue weighted by Gasteiger charge is 2.21. The van der Waals surface area contributed by atoms with Gasteiger partial charge in [0.2, 0.25) is 0 Å². The van der Waals surface area contributed by atoms with E-state index in [0.29, 0.717) is 18.0 Å². The lowest BCUT2D eigenvalue weighted by molar-refractivity contribution is 0.414. The van der Waals surface area contributed by atoms with Crippen LogP contribution in [0, 0.1) is 5.82 Å². The summed E-state index contributed by atoms with van der Waals surface area (Å²) < 4.78 is 20.7. The number of aryl methyl sites for hydroxylation is 1.